The Kier molecular flexibility index (Phi) is 4.21. The molecule has 0 bridgehead atoms. The number of ketones is 2. The number of nitrogens with zero attached hydrogens (tertiary/aromatic N) is 1. The average Bonchev–Trinajstić information content (AvgIpc) is 2.50. The van der Waals surface area contributed by atoms with E-state index in [1.807, 2.05) is 11.4 Å². The smallest absolute Gasteiger partial charge is 0.322 e. The molecule has 1 aromatic carbocycles. The zero-order valence-electron chi connectivity index (χ0n) is 11.9. The van der Waals surface area contributed by atoms with Crippen LogP contribution in [0.4, 0.5) is 0 Å². The molecule has 1 amide bonds. The second kappa shape index (κ2) is 5.82. The highest BCUT2D eigenvalue weighted by atomic mass is 35.5. The largest absolute Gasteiger partial charge is 0.480 e. The average molecular weight is 335 g/mol. The molecule has 1 aliphatic rings. The normalized spacial score (nSPS) is 22.9. The van der Waals surface area contributed by atoms with E-state index >= 15 is 0 Å². The monoisotopic (exact) mass is 334 g/mol. The molecule has 8 heteroatoms. The fraction of sp³-hybridized carbons (Fsp3) is 0.267. The Labute approximate surface area is 135 Å². The highest BCUT2D eigenvalue weighted by molar-refractivity contribution is 6.32. The fourth-order valence-corrected chi connectivity index (χ4v) is 2.63. The van der Waals surface area contributed by atoms with Crippen molar-refractivity contribution in [2.24, 2.45) is 5.92 Å². The van der Waals surface area contributed by atoms with E-state index in [1.54, 1.807) is 0 Å². The van der Waals surface area contributed by atoms with Crippen molar-refractivity contribution in [2.45, 2.75) is 12.3 Å². The van der Waals surface area contributed by atoms with Gasteiger partial charge in [-0.15, -0.1) is 0 Å². The quantitative estimate of drug-likeness (QED) is 0.784. The molecule has 23 heavy (non-hydrogen) atoms. The van der Waals surface area contributed by atoms with E-state index in [0.717, 1.165) is 0 Å². The molecule has 2 rings (SSSR count). The van der Waals surface area contributed by atoms with Crippen molar-refractivity contribution in [1.82, 2.24) is 5.32 Å². The maximum atomic E-state index is 12.6. The minimum atomic E-state index is -1.76. The van der Waals surface area contributed by atoms with Gasteiger partial charge in [-0.1, -0.05) is 11.6 Å². The number of carboxylic acids is 1. The van der Waals surface area contributed by atoms with Crippen molar-refractivity contribution in [3.8, 4) is 6.07 Å². The molecule has 0 aliphatic heterocycles. The van der Waals surface area contributed by atoms with Crippen LogP contribution in [0.1, 0.15) is 22.8 Å². The summed E-state index contributed by atoms with van der Waals surface area (Å²) >= 11 is 5.86. The number of carboxylic acid groups (broad SMARTS) is 1. The number of amides is 1. The number of rotatable bonds is 3. The number of nitriles is 1. The fourth-order valence-electron chi connectivity index (χ4n) is 2.46. The second-order valence-electron chi connectivity index (χ2n) is 5.20. The Morgan fingerprint density at radius 1 is 1.43 bits per heavy atom. The standard InChI is InChI=1S/C15H11ClN2O5/c1-15(6-17)9-4-7(16)2-3-8(9)12(21)11(13(15)22)14(23)18-5-10(19)20/h2-4,11H,5H2,1H3,(H,18,23)(H,19,20)/t11?,15-/m1/s1. The van der Waals surface area contributed by atoms with Crippen molar-refractivity contribution in [1.29, 1.82) is 5.26 Å². The number of benzene rings is 1. The van der Waals surface area contributed by atoms with Gasteiger partial charge in [0, 0.05) is 10.6 Å². The van der Waals surface area contributed by atoms with Gasteiger partial charge in [0.05, 0.1) is 6.07 Å². The number of Topliss-reactive ketones (excluding diaryl/α,β-unsaturated/α-hetero) is 2. The van der Waals surface area contributed by atoms with Crippen molar-refractivity contribution >= 4 is 35.0 Å². The van der Waals surface area contributed by atoms with Crippen molar-refractivity contribution in [3.05, 3.63) is 34.3 Å². The topological polar surface area (TPSA) is 124 Å². The van der Waals surface area contributed by atoms with Crippen LogP contribution in [0.5, 0.6) is 0 Å². The van der Waals surface area contributed by atoms with E-state index in [-0.39, 0.29) is 16.1 Å². The van der Waals surface area contributed by atoms with Gasteiger partial charge in [0.2, 0.25) is 5.91 Å². The van der Waals surface area contributed by atoms with Gasteiger partial charge in [-0.3, -0.25) is 19.2 Å². The number of aliphatic carboxylic acids is 1. The molecule has 2 atom stereocenters. The van der Waals surface area contributed by atoms with Crippen LogP contribution in [0, 0.1) is 17.2 Å². The molecular weight excluding hydrogens is 324 g/mol. The molecule has 0 fully saturated rings. The summed E-state index contributed by atoms with van der Waals surface area (Å²) in [6.45, 7) is 0.570. The third kappa shape index (κ3) is 2.69. The molecule has 0 heterocycles. The molecule has 1 unspecified atom stereocenters. The number of carbonyl (C=O) groups excluding carboxylic acids is 3. The highest BCUT2D eigenvalue weighted by Gasteiger charge is 2.52. The summed E-state index contributed by atoms with van der Waals surface area (Å²) in [4.78, 5) is 47.6. The Bertz CT molecular complexity index is 783. The number of hydrogen-bond acceptors (Lipinski definition) is 5. The molecule has 0 saturated heterocycles. The van der Waals surface area contributed by atoms with Gasteiger partial charge in [-0.25, -0.2) is 0 Å². The van der Waals surface area contributed by atoms with Crippen LogP contribution in [0.3, 0.4) is 0 Å². The number of hydrogen-bond donors (Lipinski definition) is 2. The van der Waals surface area contributed by atoms with Gasteiger partial charge in [-0.05, 0) is 30.7 Å². The van der Waals surface area contributed by atoms with Gasteiger partial charge in [0.15, 0.2) is 17.5 Å². The first kappa shape index (κ1) is 16.6. The lowest BCUT2D eigenvalue weighted by molar-refractivity contribution is -0.140. The van der Waals surface area contributed by atoms with E-state index < -0.39 is 41.3 Å². The Morgan fingerprint density at radius 3 is 2.65 bits per heavy atom. The first-order valence-corrected chi connectivity index (χ1v) is 6.89. The lowest BCUT2D eigenvalue weighted by Crippen LogP contribution is -2.52. The van der Waals surface area contributed by atoms with Gasteiger partial charge < -0.3 is 10.4 Å². The van der Waals surface area contributed by atoms with E-state index in [2.05, 4.69) is 0 Å². The van der Waals surface area contributed by atoms with Gasteiger partial charge >= 0.3 is 5.97 Å². The van der Waals surface area contributed by atoms with Crippen LogP contribution >= 0.6 is 11.6 Å². The number of carbonyl (C=O) groups is 4. The summed E-state index contributed by atoms with van der Waals surface area (Å²) in [5.74, 6) is -5.79. The summed E-state index contributed by atoms with van der Waals surface area (Å²) < 4.78 is 0. The number of halogens is 1. The Morgan fingerprint density at radius 2 is 2.09 bits per heavy atom. The third-order valence-electron chi connectivity index (χ3n) is 3.70. The van der Waals surface area contributed by atoms with Crippen LogP contribution < -0.4 is 5.32 Å². The van der Waals surface area contributed by atoms with Crippen LogP contribution in [0.15, 0.2) is 18.2 Å². The SMILES string of the molecule is C[C@]1(C#N)C(=O)C(C(=O)NCC(=O)O)C(=O)c2ccc(Cl)cc21. The van der Waals surface area contributed by atoms with Crippen LogP contribution in [-0.2, 0) is 19.8 Å². The lowest BCUT2D eigenvalue weighted by atomic mass is 9.66. The molecular formula is C15H11ClN2O5. The summed E-state index contributed by atoms with van der Waals surface area (Å²) in [5, 5.41) is 20.2. The molecule has 0 radical (unpaired) electrons. The van der Waals surface area contributed by atoms with Gasteiger partial charge in [-0.2, -0.15) is 5.26 Å². The number of fused-ring (bicyclic) bond motifs is 1. The predicted molar refractivity (Wildman–Crippen MR) is 77.9 cm³/mol. The second-order valence-corrected chi connectivity index (χ2v) is 5.64. The minimum Gasteiger partial charge on any atom is -0.480 e. The molecule has 0 spiro atoms. The molecule has 0 saturated carbocycles. The van der Waals surface area contributed by atoms with Gasteiger partial charge in [0.25, 0.3) is 0 Å². The third-order valence-corrected chi connectivity index (χ3v) is 3.94. The first-order valence-electron chi connectivity index (χ1n) is 6.51. The first-order chi connectivity index (χ1) is 10.7. The predicted octanol–water partition coefficient (Wildman–Crippen LogP) is 0.704. The van der Waals surface area contributed by atoms with Crippen LogP contribution in [0.2, 0.25) is 5.02 Å². The molecule has 7 nitrogen and oxygen atoms in total. The Balaban J connectivity index is 2.53. The number of nitrogens with one attached hydrogen (secondary N) is 1. The van der Waals surface area contributed by atoms with Crippen LogP contribution in [-0.4, -0.2) is 35.1 Å². The zero-order chi connectivity index (χ0) is 17.4. The molecule has 2 N–H and O–H groups in total. The Hall–Kier alpha value is -2.72. The maximum Gasteiger partial charge on any atom is 0.322 e. The van der Waals surface area contributed by atoms with Crippen LogP contribution in [0.25, 0.3) is 0 Å². The van der Waals surface area contributed by atoms with Crippen molar-refractivity contribution in [2.75, 3.05) is 6.54 Å². The van der Waals surface area contributed by atoms with E-state index in [1.165, 1.54) is 25.1 Å². The van der Waals surface area contributed by atoms with E-state index in [4.69, 9.17) is 16.7 Å². The lowest BCUT2D eigenvalue weighted by Gasteiger charge is -2.32. The summed E-state index contributed by atoms with van der Waals surface area (Å²) in [6.07, 6.45) is 0. The maximum absolute atomic E-state index is 12.6. The summed E-state index contributed by atoms with van der Waals surface area (Å²) in [7, 11) is 0. The molecule has 1 aliphatic carbocycles. The zero-order valence-corrected chi connectivity index (χ0v) is 12.7. The van der Waals surface area contributed by atoms with Gasteiger partial charge in [0.1, 0.15) is 12.0 Å². The molecule has 1 aromatic rings. The minimum absolute atomic E-state index is 0.0496. The highest BCUT2D eigenvalue weighted by Crippen LogP contribution is 2.38. The van der Waals surface area contributed by atoms with Crippen molar-refractivity contribution in [3.63, 3.8) is 0 Å². The van der Waals surface area contributed by atoms with E-state index in [0.29, 0.717) is 0 Å². The molecule has 0 aromatic heterocycles. The summed E-state index contributed by atoms with van der Waals surface area (Å²) in [5.41, 5.74) is -1.53. The molecule has 118 valence electrons. The summed E-state index contributed by atoms with van der Waals surface area (Å²) in [6, 6.07) is 5.94. The van der Waals surface area contributed by atoms with E-state index in [9.17, 15) is 24.4 Å². The van der Waals surface area contributed by atoms with Crippen molar-refractivity contribution < 1.29 is 24.3 Å².